The van der Waals surface area contributed by atoms with E-state index >= 15 is 0 Å². The molecule has 2 heterocycles. The van der Waals surface area contributed by atoms with Gasteiger partial charge in [-0.05, 0) is 19.1 Å². The highest BCUT2D eigenvalue weighted by molar-refractivity contribution is 7.14. The second-order valence-corrected chi connectivity index (χ2v) is 6.56. The summed E-state index contributed by atoms with van der Waals surface area (Å²) < 4.78 is 0. The van der Waals surface area contributed by atoms with E-state index in [-0.39, 0.29) is 5.91 Å². The van der Waals surface area contributed by atoms with Gasteiger partial charge in [0.05, 0.1) is 17.1 Å². The van der Waals surface area contributed by atoms with Crippen LogP contribution in [0.2, 0.25) is 0 Å². The predicted octanol–water partition coefficient (Wildman–Crippen LogP) is 4.69. The van der Waals surface area contributed by atoms with Crippen molar-refractivity contribution in [2.75, 3.05) is 5.01 Å². The maximum atomic E-state index is 12.7. The van der Waals surface area contributed by atoms with Gasteiger partial charge in [-0.1, -0.05) is 48.5 Å². The number of carbonyl (C=O) groups is 1. The second-order valence-electron chi connectivity index (χ2n) is 5.73. The Labute approximate surface area is 154 Å². The second kappa shape index (κ2) is 6.97. The van der Waals surface area contributed by atoms with Crippen LogP contribution in [0.3, 0.4) is 0 Å². The van der Waals surface area contributed by atoms with E-state index < -0.39 is 6.04 Å². The van der Waals surface area contributed by atoms with Gasteiger partial charge in [-0.15, -0.1) is 11.3 Å². The van der Waals surface area contributed by atoms with Gasteiger partial charge in [-0.3, -0.25) is 4.79 Å². The third-order valence-electron chi connectivity index (χ3n) is 3.88. The number of hydrogen-bond donors (Lipinski definition) is 0. The molecule has 0 fully saturated rings. The molecule has 3 aromatic rings. The van der Waals surface area contributed by atoms with E-state index in [9.17, 15) is 4.79 Å². The van der Waals surface area contributed by atoms with E-state index in [0.29, 0.717) is 16.5 Å². The zero-order valence-electron chi connectivity index (χ0n) is 14.0. The van der Waals surface area contributed by atoms with E-state index in [1.165, 1.54) is 16.3 Å². The van der Waals surface area contributed by atoms with Crippen molar-refractivity contribution in [2.24, 2.45) is 15.3 Å². The van der Waals surface area contributed by atoms with Crippen molar-refractivity contribution < 1.29 is 4.79 Å². The topological polar surface area (TPSA) is 70.3 Å². The van der Waals surface area contributed by atoms with Crippen LogP contribution in [0.4, 0.5) is 10.8 Å². The number of benzene rings is 2. The van der Waals surface area contributed by atoms with Gasteiger partial charge in [-0.25, -0.2) is 4.98 Å². The summed E-state index contributed by atoms with van der Waals surface area (Å²) in [4.78, 5) is 17.3. The first kappa shape index (κ1) is 16.3. The molecule has 0 radical (unpaired) electrons. The van der Waals surface area contributed by atoms with Crippen LogP contribution in [0.5, 0.6) is 0 Å². The Hall–Kier alpha value is -3.19. The highest BCUT2D eigenvalue weighted by atomic mass is 32.1. The van der Waals surface area contributed by atoms with Gasteiger partial charge >= 0.3 is 0 Å². The number of hydrogen-bond acceptors (Lipinski definition) is 6. The molecule has 0 saturated carbocycles. The molecular weight excluding hydrogens is 346 g/mol. The van der Waals surface area contributed by atoms with E-state index in [4.69, 9.17) is 0 Å². The number of carbonyl (C=O) groups excluding carboxylic acids is 1. The lowest BCUT2D eigenvalue weighted by atomic mass is 10.2. The number of amides is 1. The van der Waals surface area contributed by atoms with Crippen LogP contribution in [0, 0.1) is 0 Å². The molecule has 0 aliphatic carbocycles. The van der Waals surface area contributed by atoms with Crippen LogP contribution in [0.1, 0.15) is 6.92 Å². The fourth-order valence-electron chi connectivity index (χ4n) is 2.55. The summed E-state index contributed by atoms with van der Waals surface area (Å²) in [5.74, 6) is -0.240. The van der Waals surface area contributed by atoms with Crippen molar-refractivity contribution in [3.8, 4) is 11.3 Å². The largest absolute Gasteiger partial charge is 0.282 e. The van der Waals surface area contributed by atoms with Crippen molar-refractivity contribution in [1.29, 1.82) is 0 Å². The number of hydrazone groups is 1. The summed E-state index contributed by atoms with van der Waals surface area (Å²) >= 11 is 1.38. The molecule has 1 atom stereocenters. The van der Waals surface area contributed by atoms with Crippen molar-refractivity contribution in [1.82, 2.24) is 4.98 Å². The molecule has 0 N–H and O–H groups in total. The number of azo groups is 1. The Morgan fingerprint density at radius 1 is 1.04 bits per heavy atom. The Bertz CT molecular complexity index is 981. The number of aromatic nitrogens is 1. The van der Waals surface area contributed by atoms with Gasteiger partial charge in [0, 0.05) is 10.9 Å². The molecule has 0 bridgehead atoms. The van der Waals surface area contributed by atoms with Crippen LogP contribution >= 0.6 is 11.3 Å². The van der Waals surface area contributed by atoms with Gasteiger partial charge in [0.1, 0.15) is 0 Å². The molecule has 1 aliphatic rings. The number of nitrogens with zero attached hydrogens (tertiary/aromatic N) is 5. The van der Waals surface area contributed by atoms with Crippen molar-refractivity contribution in [2.45, 2.75) is 13.0 Å². The summed E-state index contributed by atoms with van der Waals surface area (Å²) in [5, 5.41) is 16.4. The minimum atomic E-state index is -0.709. The SMILES string of the molecule is CC1=NN(c2nc(-c3ccccc3)cs2)C(=O)[C@@H]1N=Nc1ccccc1. The molecule has 1 amide bonds. The first-order chi connectivity index (χ1) is 12.7. The zero-order valence-corrected chi connectivity index (χ0v) is 14.8. The third kappa shape index (κ3) is 3.16. The molecule has 0 spiro atoms. The van der Waals surface area contributed by atoms with Gasteiger partial charge < -0.3 is 0 Å². The highest BCUT2D eigenvalue weighted by Gasteiger charge is 2.36. The van der Waals surface area contributed by atoms with Crippen molar-refractivity contribution in [3.05, 3.63) is 66.0 Å². The normalized spacial score (nSPS) is 17.1. The van der Waals surface area contributed by atoms with Crippen LogP contribution in [-0.2, 0) is 4.79 Å². The highest BCUT2D eigenvalue weighted by Crippen LogP contribution is 2.30. The van der Waals surface area contributed by atoms with Gasteiger partial charge in [0.2, 0.25) is 5.13 Å². The van der Waals surface area contributed by atoms with Crippen LogP contribution in [0.15, 0.2) is 81.4 Å². The lowest BCUT2D eigenvalue weighted by Crippen LogP contribution is -2.29. The van der Waals surface area contributed by atoms with Crippen LogP contribution < -0.4 is 5.01 Å². The van der Waals surface area contributed by atoms with E-state index in [1.807, 2.05) is 66.0 Å². The lowest BCUT2D eigenvalue weighted by Gasteiger charge is -2.08. The summed E-state index contributed by atoms with van der Waals surface area (Å²) in [6.07, 6.45) is 0. The first-order valence-electron chi connectivity index (χ1n) is 8.08. The maximum Gasteiger partial charge on any atom is 0.282 e. The van der Waals surface area contributed by atoms with Crippen LogP contribution in [-0.4, -0.2) is 22.6 Å². The lowest BCUT2D eigenvalue weighted by molar-refractivity contribution is -0.117. The number of rotatable bonds is 4. The molecule has 1 aliphatic heterocycles. The fraction of sp³-hybridized carbons (Fsp3) is 0.105. The molecule has 7 heteroatoms. The standard InChI is InChI=1S/C19H15N5OS/c1-13-17(22-21-15-10-6-3-7-11-15)18(25)24(23-13)19-20-16(12-26-19)14-8-4-2-5-9-14/h2-12,17H,1H3/t17-/m1/s1. The average Bonchev–Trinajstić information content (AvgIpc) is 3.27. The molecule has 4 rings (SSSR count). The van der Waals surface area contributed by atoms with Crippen molar-refractivity contribution >= 4 is 33.8 Å². The number of thiazole rings is 1. The smallest absolute Gasteiger partial charge is 0.269 e. The summed E-state index contributed by atoms with van der Waals surface area (Å²) in [5.41, 5.74) is 3.13. The minimum Gasteiger partial charge on any atom is -0.269 e. The summed E-state index contributed by atoms with van der Waals surface area (Å²) in [6, 6.07) is 18.4. The molecule has 26 heavy (non-hydrogen) atoms. The van der Waals surface area contributed by atoms with Gasteiger partial charge in [-0.2, -0.15) is 20.3 Å². The average molecular weight is 361 g/mol. The predicted molar refractivity (Wildman–Crippen MR) is 103 cm³/mol. The Balaban J connectivity index is 1.55. The Morgan fingerprint density at radius 3 is 2.46 bits per heavy atom. The quantitative estimate of drug-likeness (QED) is 0.633. The Morgan fingerprint density at radius 2 is 1.73 bits per heavy atom. The molecule has 2 aromatic carbocycles. The number of anilines is 1. The molecule has 1 aromatic heterocycles. The minimum absolute atomic E-state index is 0.240. The molecular formula is C19H15N5OS. The molecule has 0 saturated heterocycles. The third-order valence-corrected chi connectivity index (χ3v) is 4.70. The first-order valence-corrected chi connectivity index (χ1v) is 8.96. The van der Waals surface area contributed by atoms with Gasteiger partial charge in [0.25, 0.3) is 5.91 Å². The summed E-state index contributed by atoms with van der Waals surface area (Å²) in [6.45, 7) is 1.78. The van der Waals surface area contributed by atoms with E-state index in [2.05, 4.69) is 20.3 Å². The Kier molecular flexibility index (Phi) is 4.37. The van der Waals surface area contributed by atoms with E-state index in [0.717, 1.165) is 11.3 Å². The molecule has 0 unspecified atom stereocenters. The van der Waals surface area contributed by atoms with Gasteiger partial charge in [0.15, 0.2) is 6.04 Å². The molecule has 128 valence electrons. The fourth-order valence-corrected chi connectivity index (χ4v) is 3.34. The summed E-state index contributed by atoms with van der Waals surface area (Å²) in [7, 11) is 0. The monoisotopic (exact) mass is 361 g/mol. The maximum absolute atomic E-state index is 12.7. The molecule has 6 nitrogen and oxygen atoms in total. The zero-order chi connectivity index (χ0) is 17.9. The van der Waals surface area contributed by atoms with Crippen LogP contribution in [0.25, 0.3) is 11.3 Å². The van der Waals surface area contributed by atoms with Crippen molar-refractivity contribution in [3.63, 3.8) is 0 Å². The van der Waals surface area contributed by atoms with E-state index in [1.54, 1.807) is 6.92 Å².